The SMILES string of the molecule is COc1ccc(N2CC(CO)CC2=O)c(F)c1. The van der Waals surface area contributed by atoms with Crippen molar-refractivity contribution in [3.05, 3.63) is 24.0 Å². The summed E-state index contributed by atoms with van der Waals surface area (Å²) in [6.07, 6.45) is 0.266. The maximum Gasteiger partial charge on any atom is 0.227 e. The number of hydrogen-bond acceptors (Lipinski definition) is 3. The molecule has 1 saturated heterocycles. The molecule has 1 N–H and O–H groups in total. The second kappa shape index (κ2) is 4.71. The van der Waals surface area contributed by atoms with Gasteiger partial charge in [0.25, 0.3) is 0 Å². The minimum Gasteiger partial charge on any atom is -0.497 e. The van der Waals surface area contributed by atoms with E-state index in [4.69, 9.17) is 9.84 Å². The van der Waals surface area contributed by atoms with Gasteiger partial charge < -0.3 is 14.7 Å². The van der Waals surface area contributed by atoms with Crippen LogP contribution in [0.15, 0.2) is 18.2 Å². The smallest absolute Gasteiger partial charge is 0.227 e. The topological polar surface area (TPSA) is 49.8 Å². The number of anilines is 1. The number of amides is 1. The van der Waals surface area contributed by atoms with Gasteiger partial charge in [-0.1, -0.05) is 0 Å². The van der Waals surface area contributed by atoms with Crippen LogP contribution in [0, 0.1) is 11.7 Å². The fourth-order valence-corrected chi connectivity index (χ4v) is 1.97. The Morgan fingerprint density at radius 2 is 2.35 bits per heavy atom. The molecule has 0 aliphatic carbocycles. The summed E-state index contributed by atoms with van der Waals surface area (Å²) in [6, 6.07) is 4.37. The van der Waals surface area contributed by atoms with Crippen LogP contribution in [0.3, 0.4) is 0 Å². The summed E-state index contributed by atoms with van der Waals surface area (Å²) in [5.74, 6) is -0.343. The molecule has 1 atom stereocenters. The van der Waals surface area contributed by atoms with Gasteiger partial charge in [0.15, 0.2) is 5.82 Å². The number of methoxy groups -OCH3 is 1. The third kappa shape index (κ3) is 2.24. The van der Waals surface area contributed by atoms with E-state index in [2.05, 4.69) is 0 Å². The molecule has 92 valence electrons. The number of nitrogens with zero attached hydrogens (tertiary/aromatic N) is 1. The predicted molar refractivity (Wildman–Crippen MR) is 60.5 cm³/mol. The third-order valence-corrected chi connectivity index (χ3v) is 2.91. The predicted octanol–water partition coefficient (Wildman–Crippen LogP) is 1.18. The molecule has 1 aliphatic heterocycles. The van der Waals surface area contributed by atoms with Crippen LogP contribution >= 0.6 is 0 Å². The summed E-state index contributed by atoms with van der Waals surface area (Å²) in [5, 5.41) is 9.01. The molecule has 0 bridgehead atoms. The zero-order valence-corrected chi connectivity index (χ0v) is 9.52. The van der Waals surface area contributed by atoms with E-state index >= 15 is 0 Å². The van der Waals surface area contributed by atoms with Gasteiger partial charge in [-0.05, 0) is 12.1 Å². The van der Waals surface area contributed by atoms with Gasteiger partial charge in [0.2, 0.25) is 5.91 Å². The number of ether oxygens (including phenoxy) is 1. The van der Waals surface area contributed by atoms with Crippen LogP contribution in [-0.2, 0) is 4.79 Å². The molecule has 0 radical (unpaired) electrons. The first-order valence-electron chi connectivity index (χ1n) is 5.40. The van der Waals surface area contributed by atoms with Crippen molar-refractivity contribution in [2.45, 2.75) is 6.42 Å². The summed E-state index contributed by atoms with van der Waals surface area (Å²) in [5.41, 5.74) is 0.242. The zero-order chi connectivity index (χ0) is 12.4. The van der Waals surface area contributed by atoms with E-state index in [1.54, 1.807) is 6.07 Å². The fourth-order valence-electron chi connectivity index (χ4n) is 1.97. The van der Waals surface area contributed by atoms with E-state index in [-0.39, 0.29) is 30.5 Å². The fraction of sp³-hybridized carbons (Fsp3) is 0.417. The van der Waals surface area contributed by atoms with Gasteiger partial charge in [-0.15, -0.1) is 0 Å². The van der Waals surface area contributed by atoms with Gasteiger partial charge in [-0.2, -0.15) is 0 Å². The summed E-state index contributed by atoms with van der Waals surface area (Å²) in [4.78, 5) is 13.0. The van der Waals surface area contributed by atoms with Gasteiger partial charge in [0.1, 0.15) is 5.75 Å². The van der Waals surface area contributed by atoms with Gasteiger partial charge in [-0.25, -0.2) is 4.39 Å². The molecule has 1 fully saturated rings. The molecule has 2 rings (SSSR count). The van der Waals surface area contributed by atoms with E-state index in [9.17, 15) is 9.18 Å². The standard InChI is InChI=1S/C12H14FNO3/c1-17-9-2-3-11(10(13)5-9)14-6-8(7-15)4-12(14)16/h2-3,5,8,15H,4,6-7H2,1H3. The van der Waals surface area contributed by atoms with Crippen molar-refractivity contribution in [1.82, 2.24) is 0 Å². The molecule has 17 heavy (non-hydrogen) atoms. The number of carbonyl (C=O) groups excluding carboxylic acids is 1. The minimum atomic E-state index is -0.490. The molecule has 1 aromatic carbocycles. The summed E-state index contributed by atoms with van der Waals surface area (Å²) in [7, 11) is 1.46. The first-order valence-corrected chi connectivity index (χ1v) is 5.40. The molecule has 1 heterocycles. The first kappa shape index (κ1) is 11.9. The maximum atomic E-state index is 13.8. The Balaban J connectivity index is 2.26. The lowest BCUT2D eigenvalue weighted by molar-refractivity contribution is -0.117. The monoisotopic (exact) mass is 239 g/mol. The highest BCUT2D eigenvalue weighted by Crippen LogP contribution is 2.29. The van der Waals surface area contributed by atoms with Crippen molar-refractivity contribution in [2.75, 3.05) is 25.2 Å². The average molecular weight is 239 g/mol. The molecule has 1 unspecified atom stereocenters. The van der Waals surface area contributed by atoms with Gasteiger partial charge in [0.05, 0.1) is 12.8 Å². The van der Waals surface area contributed by atoms with Crippen LogP contribution in [0.5, 0.6) is 5.75 Å². The van der Waals surface area contributed by atoms with Crippen molar-refractivity contribution >= 4 is 11.6 Å². The molecule has 5 heteroatoms. The Hall–Kier alpha value is -1.62. The van der Waals surface area contributed by atoms with Gasteiger partial charge >= 0.3 is 0 Å². The molecule has 1 amide bonds. The van der Waals surface area contributed by atoms with E-state index in [1.807, 2.05) is 0 Å². The summed E-state index contributed by atoms with van der Waals surface area (Å²) in [6.45, 7) is 0.304. The largest absolute Gasteiger partial charge is 0.497 e. The van der Waals surface area contributed by atoms with E-state index in [0.29, 0.717) is 12.3 Å². The first-order chi connectivity index (χ1) is 8.15. The Bertz CT molecular complexity index is 436. The van der Waals surface area contributed by atoms with Crippen LogP contribution < -0.4 is 9.64 Å². The lowest BCUT2D eigenvalue weighted by atomic mass is 10.1. The second-order valence-corrected chi connectivity index (χ2v) is 4.07. The van der Waals surface area contributed by atoms with E-state index < -0.39 is 5.82 Å². The molecule has 0 aromatic heterocycles. The molecule has 0 saturated carbocycles. The number of benzene rings is 1. The zero-order valence-electron chi connectivity index (χ0n) is 9.52. The Morgan fingerprint density at radius 1 is 1.59 bits per heavy atom. The molecular weight excluding hydrogens is 225 g/mol. The number of hydrogen-bond donors (Lipinski definition) is 1. The van der Waals surface area contributed by atoms with Gasteiger partial charge in [-0.3, -0.25) is 4.79 Å². The lowest BCUT2D eigenvalue weighted by Crippen LogP contribution is -2.25. The normalized spacial score (nSPS) is 19.8. The minimum absolute atomic E-state index is 0.0555. The highest BCUT2D eigenvalue weighted by Gasteiger charge is 2.31. The van der Waals surface area contributed by atoms with Crippen LogP contribution in [0.1, 0.15) is 6.42 Å². The van der Waals surface area contributed by atoms with E-state index in [1.165, 1.54) is 24.1 Å². The maximum absolute atomic E-state index is 13.8. The van der Waals surface area contributed by atoms with Crippen molar-refractivity contribution in [2.24, 2.45) is 5.92 Å². The number of aliphatic hydroxyl groups excluding tert-OH is 1. The van der Waals surface area contributed by atoms with Crippen LogP contribution in [0.4, 0.5) is 10.1 Å². The Kier molecular flexibility index (Phi) is 3.28. The second-order valence-electron chi connectivity index (χ2n) is 4.07. The average Bonchev–Trinajstić information content (AvgIpc) is 2.70. The highest BCUT2D eigenvalue weighted by molar-refractivity contribution is 5.95. The lowest BCUT2D eigenvalue weighted by Gasteiger charge is -2.17. The molecular formula is C12H14FNO3. The van der Waals surface area contributed by atoms with Crippen molar-refractivity contribution in [3.63, 3.8) is 0 Å². The van der Waals surface area contributed by atoms with Crippen LogP contribution in [0.2, 0.25) is 0 Å². The van der Waals surface area contributed by atoms with Crippen molar-refractivity contribution in [1.29, 1.82) is 0 Å². The Labute approximate surface area is 98.6 Å². The van der Waals surface area contributed by atoms with Crippen molar-refractivity contribution < 1.29 is 19.0 Å². The molecule has 4 nitrogen and oxygen atoms in total. The number of halogens is 1. The highest BCUT2D eigenvalue weighted by atomic mass is 19.1. The van der Waals surface area contributed by atoms with Crippen molar-refractivity contribution in [3.8, 4) is 5.75 Å². The third-order valence-electron chi connectivity index (χ3n) is 2.91. The molecule has 1 aromatic rings. The number of rotatable bonds is 3. The quantitative estimate of drug-likeness (QED) is 0.861. The van der Waals surface area contributed by atoms with Gasteiger partial charge in [0, 0.05) is 31.6 Å². The molecule has 0 spiro atoms. The number of carbonyl (C=O) groups is 1. The molecule has 1 aliphatic rings. The van der Waals surface area contributed by atoms with Crippen LogP contribution in [0.25, 0.3) is 0 Å². The van der Waals surface area contributed by atoms with Crippen LogP contribution in [-0.4, -0.2) is 31.3 Å². The number of aliphatic hydroxyl groups is 1. The summed E-state index contributed by atoms with van der Waals surface area (Å²) < 4.78 is 18.7. The van der Waals surface area contributed by atoms with E-state index in [0.717, 1.165) is 0 Å². The summed E-state index contributed by atoms with van der Waals surface area (Å²) >= 11 is 0. The Morgan fingerprint density at radius 3 is 2.88 bits per heavy atom.